The van der Waals surface area contributed by atoms with Gasteiger partial charge >= 0.3 is 0 Å². The molecule has 17 heavy (non-hydrogen) atoms. The Balaban J connectivity index is 2.19. The zero-order chi connectivity index (χ0) is 12.3. The summed E-state index contributed by atoms with van der Waals surface area (Å²) in [6.07, 6.45) is 3.68. The summed E-state index contributed by atoms with van der Waals surface area (Å²) < 4.78 is 0. The van der Waals surface area contributed by atoms with Crippen LogP contribution in [0.3, 0.4) is 0 Å². The van der Waals surface area contributed by atoms with Gasteiger partial charge in [0, 0.05) is 0 Å². The molecule has 1 fully saturated rings. The number of benzene rings is 1. The number of amides is 2. The second kappa shape index (κ2) is 5.01. The van der Waals surface area contributed by atoms with E-state index in [9.17, 15) is 9.59 Å². The van der Waals surface area contributed by atoms with Crippen molar-refractivity contribution in [3.63, 3.8) is 0 Å². The van der Waals surface area contributed by atoms with E-state index in [1.807, 2.05) is 43.3 Å². The van der Waals surface area contributed by atoms with Crippen molar-refractivity contribution in [2.24, 2.45) is 0 Å². The maximum absolute atomic E-state index is 11.3. The average molecular weight is 245 g/mol. The number of thioether (sulfide) groups is 1. The van der Waals surface area contributed by atoms with E-state index in [1.54, 1.807) is 6.08 Å². The van der Waals surface area contributed by atoms with Gasteiger partial charge < -0.3 is 0 Å². The van der Waals surface area contributed by atoms with E-state index in [0.29, 0.717) is 4.91 Å². The number of carbonyl (C=O) groups is 2. The van der Waals surface area contributed by atoms with Crippen LogP contribution < -0.4 is 5.32 Å². The van der Waals surface area contributed by atoms with Crippen LogP contribution in [0.4, 0.5) is 4.79 Å². The molecule has 0 spiro atoms. The first-order chi connectivity index (χ1) is 8.15. The summed E-state index contributed by atoms with van der Waals surface area (Å²) in [7, 11) is 0. The summed E-state index contributed by atoms with van der Waals surface area (Å²) in [4.78, 5) is 22.7. The molecule has 1 aliphatic rings. The highest BCUT2D eigenvalue weighted by molar-refractivity contribution is 8.18. The Bertz CT molecular complexity index is 517. The molecule has 1 aromatic carbocycles. The van der Waals surface area contributed by atoms with Crippen molar-refractivity contribution in [2.75, 3.05) is 0 Å². The minimum Gasteiger partial charge on any atom is -0.282 e. The number of hydrogen-bond donors (Lipinski definition) is 1. The van der Waals surface area contributed by atoms with Gasteiger partial charge in [0.25, 0.3) is 11.1 Å². The third-order valence-electron chi connectivity index (χ3n) is 2.19. The van der Waals surface area contributed by atoms with E-state index in [0.717, 1.165) is 22.9 Å². The second-order valence-corrected chi connectivity index (χ2v) is 4.67. The Hall–Kier alpha value is -1.81. The summed E-state index contributed by atoms with van der Waals surface area (Å²) in [5.74, 6) is -0.319. The Kier molecular flexibility index (Phi) is 3.44. The monoisotopic (exact) mass is 245 g/mol. The Morgan fingerprint density at radius 1 is 1.24 bits per heavy atom. The van der Waals surface area contributed by atoms with Crippen LogP contribution in [0.1, 0.15) is 12.5 Å². The van der Waals surface area contributed by atoms with Gasteiger partial charge in [0.1, 0.15) is 0 Å². The number of imide groups is 1. The molecule has 4 heteroatoms. The molecule has 1 N–H and O–H groups in total. The summed E-state index contributed by atoms with van der Waals surface area (Å²) in [6, 6.07) is 9.81. The number of nitrogens with one attached hydrogen (secondary N) is 1. The van der Waals surface area contributed by atoms with Gasteiger partial charge in [0.2, 0.25) is 0 Å². The molecule has 0 atom stereocenters. The molecule has 0 saturated carbocycles. The molecule has 0 aromatic heterocycles. The topological polar surface area (TPSA) is 46.2 Å². The van der Waals surface area contributed by atoms with Crippen LogP contribution in [-0.4, -0.2) is 11.1 Å². The summed E-state index contributed by atoms with van der Waals surface area (Å²) in [6.45, 7) is 1.90. The third-order valence-corrected chi connectivity index (χ3v) is 3.01. The SMILES string of the molecule is CC(=Cc1ccccc1)C=C1SC(=O)NC1=O. The normalized spacial score (nSPS) is 18.6. The smallest absolute Gasteiger partial charge is 0.282 e. The van der Waals surface area contributed by atoms with Gasteiger partial charge in [0.15, 0.2) is 0 Å². The van der Waals surface area contributed by atoms with Crippen molar-refractivity contribution in [3.05, 3.63) is 52.4 Å². The van der Waals surface area contributed by atoms with Gasteiger partial charge in [0.05, 0.1) is 4.91 Å². The van der Waals surface area contributed by atoms with Crippen molar-refractivity contribution in [1.82, 2.24) is 5.32 Å². The predicted molar refractivity (Wildman–Crippen MR) is 69.3 cm³/mol. The zero-order valence-corrected chi connectivity index (χ0v) is 10.1. The first kappa shape index (κ1) is 11.7. The highest BCUT2D eigenvalue weighted by atomic mass is 32.2. The highest BCUT2D eigenvalue weighted by Crippen LogP contribution is 2.24. The van der Waals surface area contributed by atoms with E-state index in [2.05, 4.69) is 5.32 Å². The van der Waals surface area contributed by atoms with Gasteiger partial charge in [-0.05, 0) is 35.9 Å². The lowest BCUT2D eigenvalue weighted by Crippen LogP contribution is -2.17. The molecular weight excluding hydrogens is 234 g/mol. The fourth-order valence-corrected chi connectivity index (χ4v) is 2.21. The van der Waals surface area contributed by atoms with Gasteiger partial charge in [-0.25, -0.2) is 0 Å². The molecule has 0 radical (unpaired) electrons. The van der Waals surface area contributed by atoms with Crippen molar-refractivity contribution in [1.29, 1.82) is 0 Å². The van der Waals surface area contributed by atoms with Gasteiger partial charge in [-0.1, -0.05) is 36.4 Å². The van der Waals surface area contributed by atoms with Crippen LogP contribution >= 0.6 is 11.8 Å². The van der Waals surface area contributed by atoms with Crippen LogP contribution in [0.15, 0.2) is 46.9 Å². The van der Waals surface area contributed by atoms with E-state index in [4.69, 9.17) is 0 Å². The largest absolute Gasteiger partial charge is 0.290 e. The maximum atomic E-state index is 11.3. The second-order valence-electron chi connectivity index (χ2n) is 3.65. The van der Waals surface area contributed by atoms with Gasteiger partial charge in [-0.2, -0.15) is 0 Å². The summed E-state index contributed by atoms with van der Waals surface area (Å²) in [5, 5.41) is 1.91. The van der Waals surface area contributed by atoms with Gasteiger partial charge in [-0.15, -0.1) is 0 Å². The Morgan fingerprint density at radius 3 is 2.53 bits per heavy atom. The van der Waals surface area contributed by atoms with Crippen LogP contribution in [0, 0.1) is 0 Å². The number of allylic oxidation sites excluding steroid dienone is 2. The first-order valence-electron chi connectivity index (χ1n) is 5.13. The van der Waals surface area contributed by atoms with Crippen molar-refractivity contribution in [2.45, 2.75) is 6.92 Å². The molecule has 1 aliphatic heterocycles. The van der Waals surface area contributed by atoms with Crippen LogP contribution in [0.5, 0.6) is 0 Å². The molecule has 1 heterocycles. The lowest BCUT2D eigenvalue weighted by molar-refractivity contribution is -0.115. The lowest BCUT2D eigenvalue weighted by Gasteiger charge is -1.96. The van der Waals surface area contributed by atoms with E-state index < -0.39 is 0 Å². The molecular formula is C13H11NO2S. The quantitative estimate of drug-likeness (QED) is 0.815. The fourth-order valence-electron chi connectivity index (χ4n) is 1.48. The zero-order valence-electron chi connectivity index (χ0n) is 9.27. The maximum Gasteiger partial charge on any atom is 0.290 e. The van der Waals surface area contributed by atoms with E-state index in [-0.39, 0.29) is 11.1 Å². The molecule has 2 rings (SSSR count). The standard InChI is InChI=1S/C13H11NO2S/c1-9(7-10-5-3-2-4-6-10)8-11-12(15)14-13(16)17-11/h2-8H,1H3,(H,14,15,16). The third kappa shape index (κ3) is 3.07. The van der Waals surface area contributed by atoms with E-state index >= 15 is 0 Å². The fraction of sp³-hybridized carbons (Fsp3) is 0.0769. The summed E-state index contributed by atoms with van der Waals surface area (Å²) in [5.41, 5.74) is 2.00. The Labute approximate surface area is 104 Å². The molecule has 2 amide bonds. The highest BCUT2D eigenvalue weighted by Gasteiger charge is 2.24. The molecule has 1 saturated heterocycles. The van der Waals surface area contributed by atoms with Crippen molar-refractivity contribution >= 4 is 29.0 Å². The predicted octanol–water partition coefficient (Wildman–Crippen LogP) is 2.96. The molecule has 0 unspecified atom stereocenters. The molecule has 0 aliphatic carbocycles. The van der Waals surface area contributed by atoms with Crippen molar-refractivity contribution < 1.29 is 9.59 Å². The minimum atomic E-state index is -0.319. The lowest BCUT2D eigenvalue weighted by atomic mass is 10.1. The molecule has 3 nitrogen and oxygen atoms in total. The van der Waals surface area contributed by atoms with Crippen LogP contribution in [-0.2, 0) is 4.79 Å². The first-order valence-corrected chi connectivity index (χ1v) is 5.95. The molecule has 1 aromatic rings. The average Bonchev–Trinajstić information content (AvgIpc) is 2.58. The number of rotatable bonds is 2. The molecule has 86 valence electrons. The van der Waals surface area contributed by atoms with Crippen LogP contribution in [0.25, 0.3) is 6.08 Å². The van der Waals surface area contributed by atoms with Crippen molar-refractivity contribution in [3.8, 4) is 0 Å². The summed E-state index contributed by atoms with van der Waals surface area (Å²) >= 11 is 0.933. The van der Waals surface area contributed by atoms with Gasteiger partial charge in [-0.3, -0.25) is 14.9 Å². The minimum absolute atomic E-state index is 0.311. The number of hydrogen-bond acceptors (Lipinski definition) is 3. The Morgan fingerprint density at radius 2 is 1.94 bits per heavy atom. The number of carbonyl (C=O) groups excluding carboxylic acids is 2. The van der Waals surface area contributed by atoms with E-state index in [1.165, 1.54) is 0 Å². The molecule has 0 bridgehead atoms. The van der Waals surface area contributed by atoms with Crippen LogP contribution in [0.2, 0.25) is 0 Å².